The van der Waals surface area contributed by atoms with Crippen molar-refractivity contribution in [2.45, 2.75) is 20.0 Å². The molecular weight excluding hydrogens is 251 g/mol. The average molecular weight is 272 g/mol. The van der Waals surface area contributed by atoms with E-state index >= 15 is 0 Å². The van der Waals surface area contributed by atoms with Crippen LogP contribution in [0.2, 0.25) is 0 Å². The lowest BCUT2D eigenvalue weighted by Gasteiger charge is -2.20. The summed E-state index contributed by atoms with van der Waals surface area (Å²) in [6.45, 7) is 3.44. The lowest BCUT2D eigenvalue weighted by Crippen LogP contribution is -2.18. The molecule has 0 bridgehead atoms. The molecule has 0 aromatic heterocycles. The van der Waals surface area contributed by atoms with E-state index in [1.807, 2.05) is 31.1 Å². The molecule has 2 aromatic rings. The molecule has 106 valence electrons. The monoisotopic (exact) mass is 272 g/mol. The second-order valence-corrected chi connectivity index (χ2v) is 5.16. The van der Waals surface area contributed by atoms with Crippen LogP contribution in [0.15, 0.2) is 42.5 Å². The Morgan fingerprint density at radius 2 is 1.70 bits per heavy atom. The number of nitrogens with one attached hydrogen (secondary N) is 1. The highest BCUT2D eigenvalue weighted by molar-refractivity contribution is 5.49. The van der Waals surface area contributed by atoms with Crippen LogP contribution in [-0.2, 0) is 13.1 Å². The van der Waals surface area contributed by atoms with Gasteiger partial charge in [-0.15, -0.1) is 0 Å². The van der Waals surface area contributed by atoms with Gasteiger partial charge in [-0.3, -0.25) is 0 Å². The van der Waals surface area contributed by atoms with Crippen molar-refractivity contribution in [2.24, 2.45) is 0 Å². The van der Waals surface area contributed by atoms with Crippen molar-refractivity contribution >= 4 is 5.69 Å². The topological polar surface area (TPSA) is 15.3 Å². The van der Waals surface area contributed by atoms with Gasteiger partial charge < -0.3 is 10.2 Å². The summed E-state index contributed by atoms with van der Waals surface area (Å²) < 4.78 is 14.1. The number of rotatable bonds is 5. The van der Waals surface area contributed by atoms with Gasteiger partial charge in [0.05, 0.1) is 5.69 Å². The summed E-state index contributed by atoms with van der Waals surface area (Å²) >= 11 is 0. The standard InChI is InChI=1S/C17H21FN2/c1-13-4-6-14(7-5-13)12-20(3)17-9-8-15(11-19-2)10-16(17)18/h4-10,19H,11-12H2,1-3H3. The van der Waals surface area contributed by atoms with Crippen molar-refractivity contribution in [3.05, 3.63) is 65.0 Å². The maximum atomic E-state index is 14.1. The van der Waals surface area contributed by atoms with Gasteiger partial charge in [-0.2, -0.15) is 0 Å². The maximum Gasteiger partial charge on any atom is 0.146 e. The molecule has 0 spiro atoms. The third-order valence-corrected chi connectivity index (χ3v) is 3.34. The van der Waals surface area contributed by atoms with E-state index in [1.165, 1.54) is 11.1 Å². The average Bonchev–Trinajstić information content (AvgIpc) is 2.42. The van der Waals surface area contributed by atoms with E-state index < -0.39 is 0 Å². The predicted molar refractivity (Wildman–Crippen MR) is 82.4 cm³/mol. The van der Waals surface area contributed by atoms with Gasteiger partial charge in [-0.05, 0) is 37.2 Å². The van der Waals surface area contributed by atoms with Gasteiger partial charge in [-0.25, -0.2) is 4.39 Å². The molecule has 1 N–H and O–H groups in total. The van der Waals surface area contributed by atoms with Gasteiger partial charge in [-0.1, -0.05) is 35.9 Å². The molecule has 20 heavy (non-hydrogen) atoms. The maximum absolute atomic E-state index is 14.1. The summed E-state index contributed by atoms with van der Waals surface area (Å²) in [7, 11) is 3.77. The van der Waals surface area contributed by atoms with E-state index in [-0.39, 0.29) is 5.82 Å². The first-order valence-electron chi connectivity index (χ1n) is 6.80. The van der Waals surface area contributed by atoms with Crippen LogP contribution in [-0.4, -0.2) is 14.1 Å². The molecule has 3 heteroatoms. The fraction of sp³-hybridized carbons (Fsp3) is 0.294. The third-order valence-electron chi connectivity index (χ3n) is 3.34. The van der Waals surface area contributed by atoms with Crippen LogP contribution >= 0.6 is 0 Å². The summed E-state index contributed by atoms with van der Waals surface area (Å²) in [4.78, 5) is 1.93. The molecular formula is C17H21FN2. The summed E-state index contributed by atoms with van der Waals surface area (Å²) in [6, 6.07) is 13.7. The fourth-order valence-electron chi connectivity index (χ4n) is 2.23. The molecule has 0 saturated heterocycles. The number of hydrogen-bond donors (Lipinski definition) is 1. The Hall–Kier alpha value is -1.87. The zero-order chi connectivity index (χ0) is 14.5. The normalized spacial score (nSPS) is 10.6. The smallest absolute Gasteiger partial charge is 0.146 e. The van der Waals surface area contributed by atoms with Crippen molar-refractivity contribution in [3.63, 3.8) is 0 Å². The van der Waals surface area contributed by atoms with Gasteiger partial charge in [0.15, 0.2) is 0 Å². The molecule has 2 nitrogen and oxygen atoms in total. The summed E-state index contributed by atoms with van der Waals surface area (Å²) in [5, 5.41) is 3.02. The minimum absolute atomic E-state index is 0.174. The summed E-state index contributed by atoms with van der Waals surface area (Å²) in [5.41, 5.74) is 4.00. The Kier molecular flexibility index (Phi) is 4.74. The molecule has 0 heterocycles. The van der Waals surface area contributed by atoms with Crippen molar-refractivity contribution in [1.29, 1.82) is 0 Å². The van der Waals surface area contributed by atoms with Gasteiger partial charge in [0, 0.05) is 20.1 Å². The van der Waals surface area contributed by atoms with Gasteiger partial charge in [0.25, 0.3) is 0 Å². The first-order valence-corrected chi connectivity index (χ1v) is 6.80. The molecule has 0 fully saturated rings. The minimum Gasteiger partial charge on any atom is -0.368 e. The Morgan fingerprint density at radius 3 is 2.30 bits per heavy atom. The molecule has 2 aromatic carbocycles. The van der Waals surface area contributed by atoms with E-state index in [9.17, 15) is 4.39 Å². The quantitative estimate of drug-likeness (QED) is 0.896. The zero-order valence-electron chi connectivity index (χ0n) is 12.3. The lowest BCUT2D eigenvalue weighted by molar-refractivity contribution is 0.618. The highest BCUT2D eigenvalue weighted by Gasteiger charge is 2.08. The van der Waals surface area contributed by atoms with Crippen LogP contribution in [0.1, 0.15) is 16.7 Å². The van der Waals surface area contributed by atoms with Crippen LogP contribution in [0.3, 0.4) is 0 Å². The Morgan fingerprint density at radius 1 is 1.05 bits per heavy atom. The van der Waals surface area contributed by atoms with E-state index in [4.69, 9.17) is 0 Å². The largest absolute Gasteiger partial charge is 0.368 e. The molecule has 0 amide bonds. The van der Waals surface area contributed by atoms with Crippen LogP contribution < -0.4 is 10.2 Å². The van der Waals surface area contributed by atoms with Crippen molar-refractivity contribution in [3.8, 4) is 0 Å². The lowest BCUT2D eigenvalue weighted by atomic mass is 10.1. The SMILES string of the molecule is CNCc1ccc(N(C)Cc2ccc(C)cc2)c(F)c1. The highest BCUT2D eigenvalue weighted by atomic mass is 19.1. The van der Waals surface area contributed by atoms with Crippen LogP contribution in [0.5, 0.6) is 0 Å². The van der Waals surface area contributed by atoms with Gasteiger partial charge in [0.1, 0.15) is 5.82 Å². The number of nitrogens with zero attached hydrogens (tertiary/aromatic N) is 1. The van der Waals surface area contributed by atoms with E-state index in [0.717, 1.165) is 5.56 Å². The number of aryl methyl sites for hydroxylation is 1. The third kappa shape index (κ3) is 3.58. The fourth-order valence-corrected chi connectivity index (χ4v) is 2.23. The Balaban J connectivity index is 2.12. The first kappa shape index (κ1) is 14.5. The molecule has 0 saturated carbocycles. The molecule has 0 atom stereocenters. The number of anilines is 1. The molecule has 0 aliphatic carbocycles. The molecule has 0 aliphatic rings. The van der Waals surface area contributed by atoms with Crippen molar-refractivity contribution in [2.75, 3.05) is 19.0 Å². The number of benzene rings is 2. The number of halogens is 1. The van der Waals surface area contributed by atoms with E-state index in [0.29, 0.717) is 18.8 Å². The second kappa shape index (κ2) is 6.53. The molecule has 0 unspecified atom stereocenters. The summed E-state index contributed by atoms with van der Waals surface area (Å²) in [5.74, 6) is -0.174. The van der Waals surface area contributed by atoms with Crippen LogP contribution in [0.25, 0.3) is 0 Å². The summed E-state index contributed by atoms with van der Waals surface area (Å²) in [6.07, 6.45) is 0. The van der Waals surface area contributed by atoms with Crippen LogP contribution in [0, 0.1) is 12.7 Å². The van der Waals surface area contributed by atoms with Crippen molar-refractivity contribution < 1.29 is 4.39 Å². The second-order valence-electron chi connectivity index (χ2n) is 5.16. The van der Waals surface area contributed by atoms with Gasteiger partial charge in [0.2, 0.25) is 0 Å². The first-order chi connectivity index (χ1) is 9.60. The van der Waals surface area contributed by atoms with Crippen molar-refractivity contribution in [1.82, 2.24) is 5.32 Å². The Bertz CT molecular complexity index is 564. The van der Waals surface area contributed by atoms with E-state index in [2.05, 4.69) is 36.5 Å². The molecule has 2 rings (SSSR count). The highest BCUT2D eigenvalue weighted by Crippen LogP contribution is 2.21. The van der Waals surface area contributed by atoms with E-state index in [1.54, 1.807) is 6.07 Å². The number of hydrogen-bond acceptors (Lipinski definition) is 2. The minimum atomic E-state index is -0.174. The van der Waals surface area contributed by atoms with Gasteiger partial charge >= 0.3 is 0 Å². The molecule has 0 radical (unpaired) electrons. The zero-order valence-corrected chi connectivity index (χ0v) is 12.3. The predicted octanol–water partition coefficient (Wildman–Crippen LogP) is 3.49. The molecule has 0 aliphatic heterocycles. The van der Waals surface area contributed by atoms with Crippen LogP contribution in [0.4, 0.5) is 10.1 Å². The Labute approximate surface area is 120 Å².